The predicted molar refractivity (Wildman–Crippen MR) is 83.8 cm³/mol. The Hall–Kier alpha value is -1.26. The molecule has 20 heavy (non-hydrogen) atoms. The summed E-state index contributed by atoms with van der Waals surface area (Å²) in [6, 6.07) is 0.197. The summed E-state index contributed by atoms with van der Waals surface area (Å²) in [4.78, 5) is 18.5. The van der Waals surface area contributed by atoms with Crippen molar-refractivity contribution in [3.8, 4) is 0 Å². The van der Waals surface area contributed by atoms with E-state index >= 15 is 0 Å². The van der Waals surface area contributed by atoms with Crippen molar-refractivity contribution in [2.75, 3.05) is 26.2 Å². The van der Waals surface area contributed by atoms with Gasteiger partial charge in [-0.2, -0.15) is 0 Å². The van der Waals surface area contributed by atoms with Gasteiger partial charge in [0.05, 0.1) is 6.54 Å². The second-order valence-electron chi connectivity index (χ2n) is 5.90. The summed E-state index contributed by atoms with van der Waals surface area (Å²) in [6.45, 7) is 11.8. The van der Waals surface area contributed by atoms with Crippen LogP contribution in [0.1, 0.15) is 47.0 Å². The van der Waals surface area contributed by atoms with Crippen molar-refractivity contribution in [1.82, 2.24) is 15.5 Å². The van der Waals surface area contributed by atoms with Gasteiger partial charge < -0.3 is 15.5 Å². The van der Waals surface area contributed by atoms with E-state index in [1.54, 1.807) is 0 Å². The Morgan fingerprint density at radius 1 is 1.45 bits per heavy atom. The zero-order valence-electron chi connectivity index (χ0n) is 13.4. The third-order valence-corrected chi connectivity index (χ3v) is 3.34. The van der Waals surface area contributed by atoms with Gasteiger partial charge >= 0.3 is 0 Å². The monoisotopic (exact) mass is 282 g/mol. The molecule has 1 amide bonds. The molecular weight excluding hydrogens is 252 g/mol. The summed E-state index contributed by atoms with van der Waals surface area (Å²) >= 11 is 0. The summed E-state index contributed by atoms with van der Waals surface area (Å²) in [5, 5.41) is 6.22. The van der Waals surface area contributed by atoms with Gasteiger partial charge in [0.15, 0.2) is 5.96 Å². The Labute approximate surface area is 123 Å². The van der Waals surface area contributed by atoms with Gasteiger partial charge in [-0.1, -0.05) is 6.92 Å². The third-order valence-electron chi connectivity index (χ3n) is 3.34. The molecule has 0 bridgehead atoms. The normalized spacial score (nSPS) is 20.1. The number of aliphatic imine (C=N–C) groups is 1. The average Bonchev–Trinajstić information content (AvgIpc) is 2.37. The van der Waals surface area contributed by atoms with E-state index in [4.69, 9.17) is 0 Å². The molecule has 2 N–H and O–H groups in total. The number of piperidine rings is 1. The second kappa shape index (κ2) is 8.82. The fourth-order valence-corrected chi connectivity index (χ4v) is 2.47. The van der Waals surface area contributed by atoms with E-state index < -0.39 is 0 Å². The molecule has 0 aromatic heterocycles. The van der Waals surface area contributed by atoms with Gasteiger partial charge in [-0.05, 0) is 39.5 Å². The van der Waals surface area contributed by atoms with Crippen LogP contribution in [0.3, 0.4) is 0 Å². The molecule has 1 atom stereocenters. The lowest BCUT2D eigenvalue weighted by molar-refractivity contribution is -0.121. The van der Waals surface area contributed by atoms with E-state index in [1.165, 1.54) is 12.8 Å². The van der Waals surface area contributed by atoms with Crippen LogP contribution in [-0.4, -0.2) is 49.0 Å². The van der Waals surface area contributed by atoms with Crippen molar-refractivity contribution in [2.24, 2.45) is 10.9 Å². The first-order chi connectivity index (χ1) is 9.52. The molecule has 1 aliphatic heterocycles. The molecule has 116 valence electrons. The maximum Gasteiger partial charge on any atom is 0.222 e. The van der Waals surface area contributed by atoms with Crippen LogP contribution < -0.4 is 10.6 Å². The minimum Gasteiger partial charge on any atom is -0.357 e. The van der Waals surface area contributed by atoms with Crippen LogP contribution in [0, 0.1) is 5.92 Å². The molecule has 1 fully saturated rings. The summed E-state index contributed by atoms with van der Waals surface area (Å²) < 4.78 is 0. The lowest BCUT2D eigenvalue weighted by atomic mass is 10.0. The number of nitrogens with one attached hydrogen (secondary N) is 2. The summed E-state index contributed by atoms with van der Waals surface area (Å²) in [6.07, 6.45) is 2.97. The standard InChI is InChI=1S/C15H30N4O/c1-5-16-15(19-10-6-7-13(4)11-19)17-9-8-14(20)18-12(2)3/h12-13H,5-11H2,1-4H3,(H,16,17)(H,18,20). The van der Waals surface area contributed by atoms with Gasteiger partial charge in [0.2, 0.25) is 5.91 Å². The van der Waals surface area contributed by atoms with Gasteiger partial charge in [0.25, 0.3) is 0 Å². The molecule has 1 aliphatic rings. The SMILES string of the molecule is CCNC(=NCCC(=O)NC(C)C)N1CCCC(C)C1. The molecule has 1 rings (SSSR count). The van der Waals surface area contributed by atoms with E-state index in [9.17, 15) is 4.79 Å². The van der Waals surface area contributed by atoms with E-state index in [2.05, 4.69) is 34.4 Å². The van der Waals surface area contributed by atoms with E-state index in [0.717, 1.165) is 31.5 Å². The topological polar surface area (TPSA) is 56.7 Å². The molecule has 0 saturated carbocycles. The number of hydrogen-bond donors (Lipinski definition) is 2. The summed E-state index contributed by atoms with van der Waals surface area (Å²) in [7, 11) is 0. The minimum atomic E-state index is 0.0756. The van der Waals surface area contributed by atoms with Crippen molar-refractivity contribution in [1.29, 1.82) is 0 Å². The Morgan fingerprint density at radius 2 is 2.20 bits per heavy atom. The highest BCUT2D eigenvalue weighted by Crippen LogP contribution is 2.15. The highest BCUT2D eigenvalue weighted by molar-refractivity contribution is 5.81. The van der Waals surface area contributed by atoms with Crippen LogP contribution in [0.2, 0.25) is 0 Å². The first-order valence-electron chi connectivity index (χ1n) is 7.85. The van der Waals surface area contributed by atoms with Gasteiger partial charge in [-0.15, -0.1) is 0 Å². The molecule has 1 saturated heterocycles. The quantitative estimate of drug-likeness (QED) is 0.595. The van der Waals surface area contributed by atoms with Crippen molar-refractivity contribution < 1.29 is 4.79 Å². The van der Waals surface area contributed by atoms with Crippen LogP contribution in [0.15, 0.2) is 4.99 Å². The molecule has 5 heteroatoms. The molecule has 0 spiro atoms. The predicted octanol–water partition coefficient (Wildman–Crippen LogP) is 1.60. The average molecular weight is 282 g/mol. The largest absolute Gasteiger partial charge is 0.357 e. The highest BCUT2D eigenvalue weighted by atomic mass is 16.1. The molecule has 5 nitrogen and oxygen atoms in total. The lowest BCUT2D eigenvalue weighted by Crippen LogP contribution is -2.46. The van der Waals surface area contributed by atoms with Crippen LogP contribution in [0.25, 0.3) is 0 Å². The Kier molecular flexibility index (Phi) is 7.41. The van der Waals surface area contributed by atoms with Crippen LogP contribution in [-0.2, 0) is 4.79 Å². The number of nitrogens with zero attached hydrogens (tertiary/aromatic N) is 2. The van der Waals surface area contributed by atoms with Crippen molar-refractivity contribution in [3.05, 3.63) is 0 Å². The molecule has 0 aliphatic carbocycles. The number of likely N-dealkylation sites (tertiary alicyclic amines) is 1. The fourth-order valence-electron chi connectivity index (χ4n) is 2.47. The summed E-state index contributed by atoms with van der Waals surface area (Å²) in [5.74, 6) is 1.75. The maximum atomic E-state index is 11.6. The number of guanidine groups is 1. The van der Waals surface area contributed by atoms with Crippen molar-refractivity contribution in [3.63, 3.8) is 0 Å². The van der Waals surface area contributed by atoms with Crippen molar-refractivity contribution >= 4 is 11.9 Å². The van der Waals surface area contributed by atoms with E-state index in [-0.39, 0.29) is 11.9 Å². The van der Waals surface area contributed by atoms with E-state index in [0.29, 0.717) is 13.0 Å². The fraction of sp³-hybridized carbons (Fsp3) is 0.867. The highest BCUT2D eigenvalue weighted by Gasteiger charge is 2.19. The van der Waals surface area contributed by atoms with E-state index in [1.807, 2.05) is 13.8 Å². The minimum absolute atomic E-state index is 0.0756. The van der Waals surface area contributed by atoms with Crippen LogP contribution >= 0.6 is 0 Å². The Balaban J connectivity index is 2.47. The van der Waals surface area contributed by atoms with Gasteiger partial charge in [0, 0.05) is 32.1 Å². The summed E-state index contributed by atoms with van der Waals surface area (Å²) in [5.41, 5.74) is 0. The van der Waals surface area contributed by atoms with Gasteiger partial charge in [-0.25, -0.2) is 0 Å². The number of carbonyl (C=O) groups excluding carboxylic acids is 1. The Morgan fingerprint density at radius 3 is 2.80 bits per heavy atom. The van der Waals surface area contributed by atoms with Gasteiger partial charge in [-0.3, -0.25) is 9.79 Å². The van der Waals surface area contributed by atoms with Crippen LogP contribution in [0.5, 0.6) is 0 Å². The second-order valence-corrected chi connectivity index (χ2v) is 5.90. The number of amides is 1. The van der Waals surface area contributed by atoms with Crippen LogP contribution in [0.4, 0.5) is 0 Å². The molecule has 1 heterocycles. The molecule has 0 aromatic rings. The number of carbonyl (C=O) groups is 1. The molecular formula is C15H30N4O. The van der Waals surface area contributed by atoms with Crippen molar-refractivity contribution in [2.45, 2.75) is 53.0 Å². The first-order valence-corrected chi connectivity index (χ1v) is 7.85. The smallest absolute Gasteiger partial charge is 0.222 e. The molecule has 1 unspecified atom stereocenters. The first kappa shape index (κ1) is 16.8. The lowest BCUT2D eigenvalue weighted by Gasteiger charge is -2.33. The zero-order chi connectivity index (χ0) is 15.0. The number of hydrogen-bond acceptors (Lipinski definition) is 2. The molecule has 0 radical (unpaired) electrons. The Bertz CT molecular complexity index is 328. The zero-order valence-corrected chi connectivity index (χ0v) is 13.4. The molecule has 0 aromatic carbocycles. The number of rotatable bonds is 5. The third kappa shape index (κ3) is 6.26. The maximum absolute atomic E-state index is 11.6. The van der Waals surface area contributed by atoms with Gasteiger partial charge in [0.1, 0.15) is 0 Å².